The number of nitrogens with one attached hydrogen (secondary N) is 1. The van der Waals surface area contributed by atoms with E-state index in [9.17, 15) is 4.79 Å². The summed E-state index contributed by atoms with van der Waals surface area (Å²) in [6.07, 6.45) is 2.57. The number of carbonyl (C=O) groups excluding carboxylic acids is 1. The lowest BCUT2D eigenvalue weighted by Gasteiger charge is -2.34. The average molecular weight is 345 g/mol. The molecule has 1 aliphatic rings. The minimum absolute atomic E-state index is 0.218. The number of aryl methyl sites for hydroxylation is 1. The smallest absolute Gasteiger partial charge is 0.217 e. The molecule has 1 aromatic carbocycles. The Balaban J connectivity index is 2.02. The summed E-state index contributed by atoms with van der Waals surface area (Å²) in [6, 6.07) is 6.50. The molecule has 6 nitrogen and oxygen atoms in total. The summed E-state index contributed by atoms with van der Waals surface area (Å²) >= 11 is 0. The minimum Gasteiger partial charge on any atom is -0.377 e. The van der Waals surface area contributed by atoms with E-state index in [1.807, 2.05) is 7.05 Å². The normalized spacial score (nSPS) is 18.2. The zero-order chi connectivity index (χ0) is 18.4. The molecule has 0 spiro atoms. The summed E-state index contributed by atoms with van der Waals surface area (Å²) in [5.74, 6) is 0.992. The highest BCUT2D eigenvalue weighted by atomic mass is 16.1. The number of carbonyl (C=O) groups is 1. The maximum Gasteiger partial charge on any atom is 0.217 e. The highest BCUT2D eigenvalue weighted by Gasteiger charge is 2.23. The SMILES string of the molecule is CN=C(NCc1ccc(C)cc1N(C)C)N1CCCC(CC(N)=O)C1. The van der Waals surface area contributed by atoms with Gasteiger partial charge in [-0.1, -0.05) is 12.1 Å². The summed E-state index contributed by atoms with van der Waals surface area (Å²) in [5.41, 5.74) is 9.07. The van der Waals surface area contributed by atoms with Crippen LogP contribution in [0.3, 0.4) is 0 Å². The summed E-state index contributed by atoms with van der Waals surface area (Å²) in [5, 5.41) is 3.48. The van der Waals surface area contributed by atoms with Crippen LogP contribution in [0, 0.1) is 12.8 Å². The number of nitrogens with two attached hydrogens (primary N) is 1. The van der Waals surface area contributed by atoms with Gasteiger partial charge in [0.15, 0.2) is 5.96 Å². The zero-order valence-corrected chi connectivity index (χ0v) is 15.9. The van der Waals surface area contributed by atoms with Crippen LogP contribution >= 0.6 is 0 Å². The molecule has 0 saturated carbocycles. The number of hydrogen-bond donors (Lipinski definition) is 2. The van der Waals surface area contributed by atoms with E-state index in [2.05, 4.69) is 59.3 Å². The molecule has 0 aliphatic carbocycles. The van der Waals surface area contributed by atoms with Gasteiger partial charge in [0, 0.05) is 52.9 Å². The number of guanidine groups is 1. The number of anilines is 1. The molecule has 0 aromatic heterocycles. The van der Waals surface area contributed by atoms with Crippen molar-refractivity contribution in [1.29, 1.82) is 0 Å². The first-order valence-electron chi connectivity index (χ1n) is 8.91. The number of benzene rings is 1. The highest BCUT2D eigenvalue weighted by molar-refractivity contribution is 5.80. The topological polar surface area (TPSA) is 74.0 Å². The van der Waals surface area contributed by atoms with Crippen molar-refractivity contribution in [2.45, 2.75) is 32.7 Å². The number of piperidine rings is 1. The van der Waals surface area contributed by atoms with Crippen LogP contribution in [0.15, 0.2) is 23.2 Å². The number of amides is 1. The van der Waals surface area contributed by atoms with Crippen molar-refractivity contribution in [2.24, 2.45) is 16.6 Å². The number of likely N-dealkylation sites (tertiary alicyclic amines) is 1. The van der Waals surface area contributed by atoms with Gasteiger partial charge in [-0.25, -0.2) is 0 Å². The lowest BCUT2D eigenvalue weighted by molar-refractivity contribution is -0.119. The van der Waals surface area contributed by atoms with Gasteiger partial charge in [-0.05, 0) is 42.9 Å². The molecule has 6 heteroatoms. The third-order valence-electron chi connectivity index (χ3n) is 4.68. The van der Waals surface area contributed by atoms with Crippen molar-refractivity contribution in [3.63, 3.8) is 0 Å². The lowest BCUT2D eigenvalue weighted by atomic mass is 9.95. The molecule has 0 radical (unpaired) electrons. The Morgan fingerprint density at radius 2 is 2.20 bits per heavy atom. The Morgan fingerprint density at radius 3 is 2.84 bits per heavy atom. The third kappa shape index (κ3) is 5.37. The third-order valence-corrected chi connectivity index (χ3v) is 4.68. The first-order chi connectivity index (χ1) is 11.9. The van der Waals surface area contributed by atoms with E-state index in [0.717, 1.165) is 38.4 Å². The van der Waals surface area contributed by atoms with Crippen molar-refractivity contribution in [2.75, 3.05) is 39.1 Å². The number of rotatable bonds is 5. The number of hydrogen-bond acceptors (Lipinski definition) is 3. The second-order valence-electron chi connectivity index (χ2n) is 7.05. The van der Waals surface area contributed by atoms with Crippen LogP contribution in [0.2, 0.25) is 0 Å². The van der Waals surface area contributed by atoms with E-state index in [4.69, 9.17) is 5.73 Å². The predicted octanol–water partition coefficient (Wildman–Crippen LogP) is 1.72. The quantitative estimate of drug-likeness (QED) is 0.629. The van der Waals surface area contributed by atoms with Gasteiger partial charge in [-0.3, -0.25) is 9.79 Å². The first kappa shape index (κ1) is 19.1. The Morgan fingerprint density at radius 1 is 1.44 bits per heavy atom. The standard InChI is InChI=1S/C19H31N5O/c1-14-7-8-16(17(10-14)23(3)4)12-22-19(21-2)24-9-5-6-15(13-24)11-18(20)25/h7-8,10,15H,5-6,9,11-13H2,1-4H3,(H2,20,25)(H,21,22). The molecular formula is C19H31N5O. The van der Waals surface area contributed by atoms with Gasteiger partial charge in [0.2, 0.25) is 5.91 Å². The van der Waals surface area contributed by atoms with Gasteiger partial charge in [-0.15, -0.1) is 0 Å². The fourth-order valence-electron chi connectivity index (χ4n) is 3.45. The van der Waals surface area contributed by atoms with Crippen LogP contribution in [0.25, 0.3) is 0 Å². The molecule has 25 heavy (non-hydrogen) atoms. The van der Waals surface area contributed by atoms with Crippen LogP contribution in [-0.4, -0.2) is 51.0 Å². The predicted molar refractivity (Wildman–Crippen MR) is 104 cm³/mol. The average Bonchev–Trinajstić information content (AvgIpc) is 2.56. The fraction of sp³-hybridized carbons (Fsp3) is 0.579. The van der Waals surface area contributed by atoms with Gasteiger partial charge in [-0.2, -0.15) is 0 Å². The molecule has 1 saturated heterocycles. The van der Waals surface area contributed by atoms with Crippen LogP contribution in [-0.2, 0) is 11.3 Å². The monoisotopic (exact) mass is 345 g/mol. The van der Waals surface area contributed by atoms with Crippen molar-refractivity contribution >= 4 is 17.6 Å². The van der Waals surface area contributed by atoms with Gasteiger partial charge in [0.1, 0.15) is 0 Å². The Bertz CT molecular complexity index is 626. The number of aliphatic imine (C=N–C) groups is 1. The molecule has 3 N–H and O–H groups in total. The van der Waals surface area contributed by atoms with Crippen molar-refractivity contribution in [3.8, 4) is 0 Å². The van der Waals surface area contributed by atoms with Crippen LogP contribution in [0.4, 0.5) is 5.69 Å². The van der Waals surface area contributed by atoms with E-state index in [0.29, 0.717) is 12.3 Å². The van der Waals surface area contributed by atoms with Crippen LogP contribution in [0.1, 0.15) is 30.4 Å². The number of primary amides is 1. The van der Waals surface area contributed by atoms with Crippen LogP contribution in [0.5, 0.6) is 0 Å². The molecule has 1 unspecified atom stereocenters. The summed E-state index contributed by atoms with van der Waals surface area (Å²) in [6.45, 7) is 4.62. The van der Waals surface area contributed by atoms with Crippen molar-refractivity contribution < 1.29 is 4.79 Å². The molecule has 1 amide bonds. The molecule has 1 aliphatic heterocycles. The second-order valence-corrected chi connectivity index (χ2v) is 7.05. The largest absolute Gasteiger partial charge is 0.377 e. The van der Waals surface area contributed by atoms with E-state index >= 15 is 0 Å². The van der Waals surface area contributed by atoms with Crippen molar-refractivity contribution in [3.05, 3.63) is 29.3 Å². The molecule has 1 atom stereocenters. The van der Waals surface area contributed by atoms with Crippen molar-refractivity contribution in [1.82, 2.24) is 10.2 Å². The van der Waals surface area contributed by atoms with Gasteiger partial charge < -0.3 is 20.9 Å². The second kappa shape index (κ2) is 8.74. The van der Waals surface area contributed by atoms with E-state index < -0.39 is 0 Å². The molecule has 1 heterocycles. The fourth-order valence-corrected chi connectivity index (χ4v) is 3.45. The van der Waals surface area contributed by atoms with E-state index in [1.165, 1.54) is 16.8 Å². The highest BCUT2D eigenvalue weighted by Crippen LogP contribution is 2.21. The first-order valence-corrected chi connectivity index (χ1v) is 8.91. The lowest BCUT2D eigenvalue weighted by Crippen LogP contribution is -2.47. The number of nitrogens with zero attached hydrogens (tertiary/aromatic N) is 3. The molecule has 138 valence electrons. The maximum absolute atomic E-state index is 11.2. The maximum atomic E-state index is 11.2. The Labute approximate surface area is 151 Å². The Hall–Kier alpha value is -2.24. The molecular weight excluding hydrogens is 314 g/mol. The van der Waals surface area contributed by atoms with Crippen LogP contribution < -0.4 is 16.0 Å². The Kier molecular flexibility index (Phi) is 6.67. The molecule has 1 aromatic rings. The molecule has 1 fully saturated rings. The minimum atomic E-state index is -0.218. The van der Waals surface area contributed by atoms with E-state index in [-0.39, 0.29) is 5.91 Å². The van der Waals surface area contributed by atoms with E-state index in [1.54, 1.807) is 0 Å². The summed E-state index contributed by atoms with van der Waals surface area (Å²) < 4.78 is 0. The molecule has 0 bridgehead atoms. The van der Waals surface area contributed by atoms with Gasteiger partial charge >= 0.3 is 0 Å². The molecule has 2 rings (SSSR count). The van der Waals surface area contributed by atoms with Gasteiger partial charge in [0.05, 0.1) is 0 Å². The summed E-state index contributed by atoms with van der Waals surface area (Å²) in [7, 11) is 5.93. The zero-order valence-electron chi connectivity index (χ0n) is 15.9. The van der Waals surface area contributed by atoms with Gasteiger partial charge in [0.25, 0.3) is 0 Å². The summed E-state index contributed by atoms with van der Waals surface area (Å²) in [4.78, 5) is 20.0.